The number of benzene rings is 2. The van der Waals surface area contributed by atoms with Crippen molar-refractivity contribution in [2.45, 2.75) is 6.10 Å². The standard InChI is InChI=1S/C20H23ClN2O3/c21-17-6-8-19(9-7-17)26-15-18(24)14-22-10-12-23(13-11-22)20(25)16-4-2-1-3-5-16/h1-9,18,24H,10-15H2. The molecule has 0 aromatic heterocycles. The Bertz CT molecular complexity index is 701. The molecule has 1 unspecified atom stereocenters. The fraction of sp³-hybridized carbons (Fsp3) is 0.350. The number of aliphatic hydroxyl groups excluding tert-OH is 1. The summed E-state index contributed by atoms with van der Waals surface area (Å²) in [5.74, 6) is 0.753. The molecule has 0 radical (unpaired) electrons. The molecule has 1 atom stereocenters. The lowest BCUT2D eigenvalue weighted by Crippen LogP contribution is -2.50. The predicted octanol–water partition coefficient (Wildman–Crippen LogP) is 2.54. The maximum absolute atomic E-state index is 12.4. The van der Waals surface area contributed by atoms with Gasteiger partial charge in [0, 0.05) is 43.3 Å². The SMILES string of the molecule is O=C(c1ccccc1)N1CCN(CC(O)COc2ccc(Cl)cc2)CC1. The van der Waals surface area contributed by atoms with E-state index < -0.39 is 6.10 Å². The lowest BCUT2D eigenvalue weighted by Gasteiger charge is -2.35. The van der Waals surface area contributed by atoms with Gasteiger partial charge in [0.2, 0.25) is 0 Å². The van der Waals surface area contributed by atoms with Crippen molar-refractivity contribution in [3.8, 4) is 5.75 Å². The largest absolute Gasteiger partial charge is 0.491 e. The first-order valence-corrected chi connectivity index (χ1v) is 9.13. The summed E-state index contributed by atoms with van der Waals surface area (Å²) in [6.45, 7) is 3.58. The van der Waals surface area contributed by atoms with E-state index >= 15 is 0 Å². The fourth-order valence-corrected chi connectivity index (χ4v) is 3.10. The number of piperazine rings is 1. The summed E-state index contributed by atoms with van der Waals surface area (Å²) in [6, 6.07) is 16.4. The Kier molecular flexibility index (Phi) is 6.50. The van der Waals surface area contributed by atoms with Crippen LogP contribution < -0.4 is 4.74 Å². The van der Waals surface area contributed by atoms with Crippen molar-refractivity contribution in [1.82, 2.24) is 9.80 Å². The molecule has 5 nitrogen and oxygen atoms in total. The van der Waals surface area contributed by atoms with Gasteiger partial charge < -0.3 is 14.7 Å². The highest BCUT2D eigenvalue weighted by Gasteiger charge is 2.23. The van der Waals surface area contributed by atoms with Crippen molar-refractivity contribution < 1.29 is 14.6 Å². The van der Waals surface area contributed by atoms with Crippen molar-refractivity contribution in [3.05, 3.63) is 65.2 Å². The molecule has 1 aliphatic heterocycles. The Labute approximate surface area is 158 Å². The number of rotatable bonds is 6. The number of carbonyl (C=O) groups excluding carboxylic acids is 1. The number of ether oxygens (including phenoxy) is 1. The molecule has 0 bridgehead atoms. The van der Waals surface area contributed by atoms with Gasteiger partial charge in [0.25, 0.3) is 5.91 Å². The second-order valence-corrected chi connectivity index (χ2v) is 6.81. The van der Waals surface area contributed by atoms with Gasteiger partial charge in [-0.3, -0.25) is 9.69 Å². The summed E-state index contributed by atoms with van der Waals surface area (Å²) in [5.41, 5.74) is 0.720. The summed E-state index contributed by atoms with van der Waals surface area (Å²) < 4.78 is 5.58. The first-order valence-electron chi connectivity index (χ1n) is 8.75. The van der Waals surface area contributed by atoms with E-state index in [1.54, 1.807) is 24.3 Å². The van der Waals surface area contributed by atoms with Crippen LogP contribution in [0, 0.1) is 0 Å². The van der Waals surface area contributed by atoms with Crippen molar-refractivity contribution >= 4 is 17.5 Å². The number of nitrogens with zero attached hydrogens (tertiary/aromatic N) is 2. The zero-order valence-corrected chi connectivity index (χ0v) is 15.3. The first-order chi connectivity index (χ1) is 12.6. The molecule has 0 saturated carbocycles. The minimum Gasteiger partial charge on any atom is -0.491 e. The van der Waals surface area contributed by atoms with Gasteiger partial charge in [0.15, 0.2) is 0 Å². The van der Waals surface area contributed by atoms with Crippen LogP contribution in [0.15, 0.2) is 54.6 Å². The van der Waals surface area contributed by atoms with Crippen LogP contribution in [0.4, 0.5) is 0 Å². The predicted molar refractivity (Wildman–Crippen MR) is 102 cm³/mol. The van der Waals surface area contributed by atoms with E-state index in [1.807, 2.05) is 35.2 Å². The number of aliphatic hydroxyl groups is 1. The highest BCUT2D eigenvalue weighted by molar-refractivity contribution is 6.30. The maximum atomic E-state index is 12.4. The smallest absolute Gasteiger partial charge is 0.253 e. The maximum Gasteiger partial charge on any atom is 0.253 e. The van der Waals surface area contributed by atoms with Gasteiger partial charge in [-0.15, -0.1) is 0 Å². The molecule has 2 aromatic rings. The quantitative estimate of drug-likeness (QED) is 0.844. The molecule has 2 aromatic carbocycles. The third kappa shape index (κ3) is 5.21. The minimum absolute atomic E-state index is 0.0665. The molecule has 138 valence electrons. The van der Waals surface area contributed by atoms with Crippen LogP contribution in [0.2, 0.25) is 5.02 Å². The molecule has 1 N–H and O–H groups in total. The number of hydrogen-bond donors (Lipinski definition) is 1. The molecule has 1 aliphatic rings. The van der Waals surface area contributed by atoms with E-state index in [0.29, 0.717) is 30.4 Å². The summed E-state index contributed by atoms with van der Waals surface area (Å²) in [4.78, 5) is 16.5. The second kappa shape index (κ2) is 9.03. The Balaban J connectivity index is 1.40. The van der Waals surface area contributed by atoms with Crippen molar-refractivity contribution in [2.75, 3.05) is 39.3 Å². The lowest BCUT2D eigenvalue weighted by molar-refractivity contribution is 0.0403. The van der Waals surface area contributed by atoms with Crippen LogP contribution >= 0.6 is 11.6 Å². The Hall–Kier alpha value is -2.08. The zero-order valence-electron chi connectivity index (χ0n) is 14.6. The van der Waals surface area contributed by atoms with E-state index in [-0.39, 0.29) is 12.5 Å². The highest BCUT2D eigenvalue weighted by atomic mass is 35.5. The highest BCUT2D eigenvalue weighted by Crippen LogP contribution is 2.16. The van der Waals surface area contributed by atoms with E-state index in [2.05, 4.69) is 4.90 Å². The summed E-state index contributed by atoms with van der Waals surface area (Å²) in [6.07, 6.45) is -0.581. The van der Waals surface area contributed by atoms with Crippen LogP contribution in [0.25, 0.3) is 0 Å². The van der Waals surface area contributed by atoms with Gasteiger partial charge in [0.1, 0.15) is 18.5 Å². The van der Waals surface area contributed by atoms with Gasteiger partial charge in [-0.2, -0.15) is 0 Å². The van der Waals surface area contributed by atoms with Crippen LogP contribution in [0.5, 0.6) is 5.75 Å². The number of carbonyl (C=O) groups is 1. The summed E-state index contributed by atoms with van der Waals surface area (Å²) in [7, 11) is 0. The van der Waals surface area contributed by atoms with Gasteiger partial charge in [-0.1, -0.05) is 29.8 Å². The first kappa shape index (κ1) is 18.7. The molecule has 1 amide bonds. The van der Waals surface area contributed by atoms with Gasteiger partial charge in [-0.05, 0) is 36.4 Å². The molecule has 1 fully saturated rings. The molecule has 3 rings (SSSR count). The Morgan fingerprint density at radius 1 is 1.04 bits per heavy atom. The molecule has 0 aliphatic carbocycles. The van der Waals surface area contributed by atoms with Crippen LogP contribution in [-0.2, 0) is 0 Å². The number of hydrogen-bond acceptors (Lipinski definition) is 4. The van der Waals surface area contributed by atoms with Gasteiger partial charge in [0.05, 0.1) is 0 Å². The van der Waals surface area contributed by atoms with E-state index in [1.165, 1.54) is 0 Å². The molecule has 1 heterocycles. The third-order valence-electron chi connectivity index (χ3n) is 4.41. The molecule has 26 heavy (non-hydrogen) atoms. The Morgan fingerprint density at radius 3 is 2.35 bits per heavy atom. The van der Waals surface area contributed by atoms with Crippen molar-refractivity contribution in [2.24, 2.45) is 0 Å². The van der Waals surface area contributed by atoms with Crippen LogP contribution in [0.1, 0.15) is 10.4 Å². The molecule has 6 heteroatoms. The molecule has 0 spiro atoms. The minimum atomic E-state index is -0.581. The molecular weight excluding hydrogens is 352 g/mol. The average Bonchev–Trinajstić information content (AvgIpc) is 2.68. The van der Waals surface area contributed by atoms with Crippen LogP contribution in [0.3, 0.4) is 0 Å². The Morgan fingerprint density at radius 2 is 1.69 bits per heavy atom. The molecule has 1 saturated heterocycles. The van der Waals surface area contributed by atoms with E-state index in [9.17, 15) is 9.90 Å². The van der Waals surface area contributed by atoms with E-state index in [4.69, 9.17) is 16.3 Å². The third-order valence-corrected chi connectivity index (χ3v) is 4.66. The average molecular weight is 375 g/mol. The monoisotopic (exact) mass is 374 g/mol. The summed E-state index contributed by atoms with van der Waals surface area (Å²) in [5, 5.41) is 10.9. The summed E-state index contributed by atoms with van der Waals surface area (Å²) >= 11 is 5.84. The zero-order chi connectivity index (χ0) is 18.4. The lowest BCUT2D eigenvalue weighted by atomic mass is 10.2. The topological polar surface area (TPSA) is 53.0 Å². The molecular formula is C20H23ClN2O3. The fourth-order valence-electron chi connectivity index (χ4n) is 2.97. The van der Waals surface area contributed by atoms with Gasteiger partial charge in [-0.25, -0.2) is 0 Å². The van der Waals surface area contributed by atoms with Gasteiger partial charge >= 0.3 is 0 Å². The van der Waals surface area contributed by atoms with Crippen molar-refractivity contribution in [3.63, 3.8) is 0 Å². The van der Waals surface area contributed by atoms with Crippen LogP contribution in [-0.4, -0.2) is 66.2 Å². The number of amides is 1. The van der Waals surface area contributed by atoms with E-state index in [0.717, 1.165) is 18.7 Å². The van der Waals surface area contributed by atoms with Crippen molar-refractivity contribution in [1.29, 1.82) is 0 Å². The normalized spacial score (nSPS) is 16.3. The number of β-amino-alcohol motifs (C(OH)–C–C–N with tert-alkyl or cyclic N) is 1. The second-order valence-electron chi connectivity index (χ2n) is 6.38. The number of halogens is 1.